The number of nitro groups is 1. The topological polar surface area (TPSA) is 92.6 Å². The fraction of sp³-hybridized carbons (Fsp3) is 0.364. The van der Waals surface area contributed by atoms with Gasteiger partial charge in [0.25, 0.3) is 5.69 Å². The Morgan fingerprint density at radius 3 is 2.45 bits per heavy atom. The number of hydrogen-bond donors (Lipinski definition) is 1. The van der Waals surface area contributed by atoms with Crippen molar-refractivity contribution in [2.45, 2.75) is 40.0 Å². The van der Waals surface area contributed by atoms with Crippen LogP contribution in [0.1, 0.15) is 37.0 Å². The number of carbonyl (C=O) groups excluding carboxylic acids is 2. The molecule has 0 spiro atoms. The standard InChI is InChI=1S/C22H25N3O4/c1-4-15-7-6-8-16(5-2)21(15)23-22(27)17-11-20(26)24(13-17)18-10-9-14(3)19(12-18)25(28)29/h6-10,12,17H,4-5,11,13H2,1-3H3,(H,23,27)/t17-/m1/s1. The molecule has 7 heteroatoms. The molecule has 0 aromatic heterocycles. The Labute approximate surface area is 169 Å². The number of carbonyl (C=O) groups is 2. The Hall–Kier alpha value is -3.22. The van der Waals surface area contributed by atoms with E-state index < -0.39 is 10.8 Å². The molecule has 1 atom stereocenters. The van der Waals surface area contributed by atoms with Gasteiger partial charge in [-0.2, -0.15) is 0 Å². The molecule has 2 aromatic carbocycles. The number of nitro benzene ring substituents is 1. The summed E-state index contributed by atoms with van der Waals surface area (Å²) in [6.07, 6.45) is 1.68. The molecule has 29 heavy (non-hydrogen) atoms. The molecule has 7 nitrogen and oxygen atoms in total. The molecule has 0 aliphatic carbocycles. The minimum absolute atomic E-state index is 0.0346. The lowest BCUT2D eigenvalue weighted by Gasteiger charge is -2.18. The largest absolute Gasteiger partial charge is 0.325 e. The van der Waals surface area contributed by atoms with Crippen molar-refractivity contribution in [3.63, 3.8) is 0 Å². The first-order valence-electron chi connectivity index (χ1n) is 9.82. The summed E-state index contributed by atoms with van der Waals surface area (Å²) in [5.74, 6) is -0.904. The van der Waals surface area contributed by atoms with E-state index in [0.717, 1.165) is 29.7 Å². The van der Waals surface area contributed by atoms with Crippen molar-refractivity contribution in [3.8, 4) is 0 Å². The Bertz CT molecular complexity index is 948. The van der Waals surface area contributed by atoms with E-state index in [4.69, 9.17) is 0 Å². The zero-order chi connectivity index (χ0) is 21.1. The van der Waals surface area contributed by atoms with Gasteiger partial charge in [-0.3, -0.25) is 19.7 Å². The molecule has 2 aromatic rings. The summed E-state index contributed by atoms with van der Waals surface area (Å²) in [6.45, 7) is 5.94. The van der Waals surface area contributed by atoms with Gasteiger partial charge >= 0.3 is 0 Å². The second kappa shape index (κ2) is 8.43. The predicted molar refractivity (Wildman–Crippen MR) is 112 cm³/mol. The zero-order valence-electron chi connectivity index (χ0n) is 16.9. The van der Waals surface area contributed by atoms with Gasteiger partial charge in [0.2, 0.25) is 11.8 Å². The molecule has 1 aliphatic heterocycles. The molecule has 0 unspecified atom stereocenters. The third-order valence-corrected chi connectivity index (χ3v) is 5.44. The highest BCUT2D eigenvalue weighted by Crippen LogP contribution is 2.31. The number of amides is 2. The highest BCUT2D eigenvalue weighted by Gasteiger charge is 2.36. The van der Waals surface area contributed by atoms with Crippen LogP contribution in [0.25, 0.3) is 0 Å². The van der Waals surface area contributed by atoms with Crippen LogP contribution in [0.15, 0.2) is 36.4 Å². The molecule has 0 bridgehead atoms. The van der Waals surface area contributed by atoms with Crippen molar-refractivity contribution in [1.29, 1.82) is 0 Å². The van der Waals surface area contributed by atoms with Crippen molar-refractivity contribution in [3.05, 3.63) is 63.2 Å². The number of nitrogens with zero attached hydrogens (tertiary/aromatic N) is 2. The van der Waals surface area contributed by atoms with Gasteiger partial charge in [-0.25, -0.2) is 0 Å². The van der Waals surface area contributed by atoms with E-state index in [-0.39, 0.29) is 30.5 Å². The van der Waals surface area contributed by atoms with Crippen molar-refractivity contribution >= 4 is 28.9 Å². The van der Waals surface area contributed by atoms with E-state index in [9.17, 15) is 19.7 Å². The highest BCUT2D eigenvalue weighted by molar-refractivity contribution is 6.04. The molecule has 1 fully saturated rings. The van der Waals surface area contributed by atoms with Gasteiger partial charge in [0.05, 0.1) is 16.5 Å². The number of para-hydroxylation sites is 1. The molecule has 152 valence electrons. The lowest BCUT2D eigenvalue weighted by Crippen LogP contribution is -2.28. The lowest BCUT2D eigenvalue weighted by atomic mass is 10.0. The first-order valence-corrected chi connectivity index (χ1v) is 9.82. The van der Waals surface area contributed by atoms with Crippen molar-refractivity contribution < 1.29 is 14.5 Å². The molecule has 1 N–H and O–H groups in total. The second-order valence-corrected chi connectivity index (χ2v) is 7.28. The highest BCUT2D eigenvalue weighted by atomic mass is 16.6. The molecule has 2 amide bonds. The average Bonchev–Trinajstić information content (AvgIpc) is 3.10. The van der Waals surface area contributed by atoms with Crippen LogP contribution in [0.3, 0.4) is 0 Å². The van der Waals surface area contributed by atoms with Crippen LogP contribution in [0.2, 0.25) is 0 Å². The van der Waals surface area contributed by atoms with Crippen LogP contribution in [0.5, 0.6) is 0 Å². The van der Waals surface area contributed by atoms with Gasteiger partial charge in [0.15, 0.2) is 0 Å². The monoisotopic (exact) mass is 395 g/mol. The van der Waals surface area contributed by atoms with Gasteiger partial charge in [-0.1, -0.05) is 38.1 Å². The quantitative estimate of drug-likeness (QED) is 0.591. The summed E-state index contributed by atoms with van der Waals surface area (Å²) >= 11 is 0. The Balaban J connectivity index is 1.80. The summed E-state index contributed by atoms with van der Waals surface area (Å²) in [5, 5.41) is 14.2. The van der Waals surface area contributed by atoms with Crippen LogP contribution >= 0.6 is 0 Å². The van der Waals surface area contributed by atoms with Crippen LogP contribution in [-0.2, 0) is 22.4 Å². The summed E-state index contributed by atoms with van der Waals surface area (Å²) in [5.41, 5.74) is 3.90. The molecule has 1 aliphatic rings. The third-order valence-electron chi connectivity index (χ3n) is 5.44. The molecule has 3 rings (SSSR count). The minimum atomic E-state index is -0.502. The van der Waals surface area contributed by atoms with Crippen LogP contribution in [0, 0.1) is 23.0 Å². The molecule has 1 saturated heterocycles. The van der Waals surface area contributed by atoms with Gasteiger partial charge in [0, 0.05) is 30.3 Å². The fourth-order valence-corrected chi connectivity index (χ4v) is 3.72. The van der Waals surface area contributed by atoms with Crippen molar-refractivity contribution in [2.75, 3.05) is 16.8 Å². The SMILES string of the molecule is CCc1cccc(CC)c1NC(=O)[C@@H]1CC(=O)N(c2ccc(C)c([N+](=O)[O-])c2)C1. The minimum Gasteiger partial charge on any atom is -0.325 e. The number of anilines is 2. The predicted octanol–water partition coefficient (Wildman–Crippen LogP) is 4.02. The summed E-state index contributed by atoms with van der Waals surface area (Å²) < 4.78 is 0. The van der Waals surface area contributed by atoms with Gasteiger partial charge in [-0.05, 0) is 37.0 Å². The van der Waals surface area contributed by atoms with Crippen molar-refractivity contribution in [1.82, 2.24) is 0 Å². The van der Waals surface area contributed by atoms with E-state index in [2.05, 4.69) is 5.32 Å². The maximum atomic E-state index is 12.9. The third kappa shape index (κ3) is 4.13. The Morgan fingerprint density at radius 2 is 1.86 bits per heavy atom. The van der Waals surface area contributed by atoms with E-state index in [1.54, 1.807) is 19.1 Å². The number of hydrogen-bond acceptors (Lipinski definition) is 4. The van der Waals surface area contributed by atoms with E-state index in [1.807, 2.05) is 32.0 Å². The van der Waals surface area contributed by atoms with Gasteiger partial charge in [-0.15, -0.1) is 0 Å². The Morgan fingerprint density at radius 1 is 1.21 bits per heavy atom. The second-order valence-electron chi connectivity index (χ2n) is 7.28. The molecule has 0 saturated carbocycles. The van der Waals surface area contributed by atoms with E-state index >= 15 is 0 Å². The fourth-order valence-electron chi connectivity index (χ4n) is 3.72. The summed E-state index contributed by atoms with van der Waals surface area (Å²) in [6, 6.07) is 10.7. The molecule has 0 radical (unpaired) electrons. The smallest absolute Gasteiger partial charge is 0.274 e. The molecular formula is C22H25N3O4. The zero-order valence-corrected chi connectivity index (χ0v) is 16.9. The van der Waals surface area contributed by atoms with E-state index in [0.29, 0.717) is 11.3 Å². The lowest BCUT2D eigenvalue weighted by molar-refractivity contribution is -0.385. The summed E-state index contributed by atoms with van der Waals surface area (Å²) in [4.78, 5) is 37.6. The first kappa shape index (κ1) is 20.5. The van der Waals surface area contributed by atoms with Crippen molar-refractivity contribution in [2.24, 2.45) is 5.92 Å². The normalized spacial score (nSPS) is 16.2. The maximum Gasteiger partial charge on any atom is 0.274 e. The number of benzene rings is 2. The van der Waals surface area contributed by atoms with Crippen LogP contribution in [-0.4, -0.2) is 23.3 Å². The molecule has 1 heterocycles. The van der Waals surface area contributed by atoms with Crippen LogP contribution in [0.4, 0.5) is 17.1 Å². The van der Waals surface area contributed by atoms with Gasteiger partial charge < -0.3 is 10.2 Å². The Kier molecular flexibility index (Phi) is 5.96. The number of nitrogens with one attached hydrogen (secondary N) is 1. The maximum absolute atomic E-state index is 12.9. The van der Waals surface area contributed by atoms with Gasteiger partial charge in [0.1, 0.15) is 0 Å². The summed E-state index contributed by atoms with van der Waals surface area (Å²) in [7, 11) is 0. The van der Waals surface area contributed by atoms with E-state index in [1.165, 1.54) is 11.0 Å². The number of rotatable bonds is 6. The van der Waals surface area contributed by atoms with Crippen LogP contribution < -0.4 is 10.2 Å². The average molecular weight is 395 g/mol. The number of aryl methyl sites for hydroxylation is 3. The molecular weight excluding hydrogens is 370 g/mol. The first-order chi connectivity index (χ1) is 13.8.